The Morgan fingerprint density at radius 3 is 2.89 bits per heavy atom. The Labute approximate surface area is 173 Å². The first-order valence-corrected chi connectivity index (χ1v) is 10.6. The van der Waals surface area contributed by atoms with Crippen LogP contribution in [-0.2, 0) is 9.59 Å². The molecule has 1 N–H and O–H groups in total. The van der Waals surface area contributed by atoms with Gasteiger partial charge >= 0.3 is 0 Å². The molecule has 6 nitrogen and oxygen atoms in total. The van der Waals surface area contributed by atoms with Crippen LogP contribution in [0.4, 0.5) is 4.79 Å². The van der Waals surface area contributed by atoms with E-state index in [0.29, 0.717) is 22.9 Å². The molecule has 0 spiro atoms. The number of benzene rings is 1. The van der Waals surface area contributed by atoms with Gasteiger partial charge in [0.05, 0.1) is 4.91 Å². The molecule has 0 aliphatic carbocycles. The zero-order chi connectivity index (χ0) is 20.1. The van der Waals surface area contributed by atoms with E-state index in [1.54, 1.807) is 35.2 Å². The molecule has 0 aromatic heterocycles. The normalized spacial score (nSPS) is 21.6. The zero-order valence-corrected chi connectivity index (χ0v) is 17.0. The van der Waals surface area contributed by atoms with Crippen molar-refractivity contribution in [1.29, 1.82) is 0 Å². The van der Waals surface area contributed by atoms with Gasteiger partial charge in [0.15, 0.2) is 0 Å². The molecule has 150 valence electrons. The van der Waals surface area contributed by atoms with Crippen molar-refractivity contribution in [1.82, 2.24) is 9.80 Å². The SMILES string of the molecule is O=C1S/C(=C\c2cccc(Cl)c2)C(=O)N1CCC(=O)N1CCCC[C@@H]1CCO. The minimum absolute atomic E-state index is 0.0453. The number of imide groups is 1. The third-order valence-electron chi connectivity index (χ3n) is 4.98. The van der Waals surface area contributed by atoms with Crippen molar-refractivity contribution in [2.45, 2.75) is 38.1 Å². The fourth-order valence-electron chi connectivity index (χ4n) is 3.57. The number of hydrogen-bond donors (Lipinski definition) is 1. The average Bonchev–Trinajstić information content (AvgIpc) is 2.93. The van der Waals surface area contributed by atoms with Crippen LogP contribution in [0, 0.1) is 0 Å². The molecule has 0 radical (unpaired) electrons. The van der Waals surface area contributed by atoms with E-state index in [4.69, 9.17) is 11.6 Å². The summed E-state index contributed by atoms with van der Waals surface area (Å²) in [5.41, 5.74) is 0.745. The lowest BCUT2D eigenvalue weighted by Gasteiger charge is -2.36. The summed E-state index contributed by atoms with van der Waals surface area (Å²) in [7, 11) is 0. The number of halogens is 1. The van der Waals surface area contributed by atoms with Gasteiger partial charge in [0.2, 0.25) is 5.91 Å². The van der Waals surface area contributed by atoms with Crippen LogP contribution in [0.25, 0.3) is 6.08 Å². The second-order valence-corrected chi connectivity index (χ2v) is 8.32. The molecule has 1 aromatic rings. The molecule has 1 atom stereocenters. The summed E-state index contributed by atoms with van der Waals surface area (Å²) >= 11 is 6.84. The maximum absolute atomic E-state index is 12.6. The van der Waals surface area contributed by atoms with Crippen molar-refractivity contribution < 1.29 is 19.5 Å². The molecule has 2 heterocycles. The zero-order valence-electron chi connectivity index (χ0n) is 15.5. The van der Waals surface area contributed by atoms with Crippen LogP contribution in [0.1, 0.15) is 37.7 Å². The first-order chi connectivity index (χ1) is 13.5. The van der Waals surface area contributed by atoms with Gasteiger partial charge in [-0.25, -0.2) is 0 Å². The van der Waals surface area contributed by atoms with Crippen LogP contribution in [0.15, 0.2) is 29.2 Å². The quantitative estimate of drug-likeness (QED) is 0.709. The molecule has 2 fully saturated rings. The number of aliphatic hydroxyl groups is 1. The minimum Gasteiger partial charge on any atom is -0.396 e. The number of amides is 3. The Kier molecular flexibility index (Phi) is 7.15. The number of rotatable bonds is 6. The highest BCUT2D eigenvalue weighted by molar-refractivity contribution is 8.18. The van der Waals surface area contributed by atoms with E-state index in [2.05, 4.69) is 0 Å². The third-order valence-corrected chi connectivity index (χ3v) is 6.12. The molecule has 3 amide bonds. The van der Waals surface area contributed by atoms with Crippen molar-refractivity contribution >= 4 is 46.5 Å². The van der Waals surface area contributed by atoms with Gasteiger partial charge in [0.25, 0.3) is 11.1 Å². The summed E-state index contributed by atoms with van der Waals surface area (Å²) in [4.78, 5) is 40.7. The molecule has 3 rings (SSSR count). The van der Waals surface area contributed by atoms with Crippen molar-refractivity contribution in [3.05, 3.63) is 39.8 Å². The van der Waals surface area contributed by atoms with Gasteiger partial charge in [-0.15, -0.1) is 0 Å². The highest BCUT2D eigenvalue weighted by Crippen LogP contribution is 2.32. The molecular weight excluding hydrogens is 400 g/mol. The number of thioether (sulfide) groups is 1. The predicted molar refractivity (Wildman–Crippen MR) is 110 cm³/mol. The summed E-state index contributed by atoms with van der Waals surface area (Å²) in [6.07, 6.45) is 5.18. The molecule has 1 aromatic carbocycles. The summed E-state index contributed by atoms with van der Waals surface area (Å²) in [5.74, 6) is -0.454. The fourth-order valence-corrected chi connectivity index (χ4v) is 4.63. The van der Waals surface area contributed by atoms with Gasteiger partial charge in [-0.3, -0.25) is 19.3 Å². The number of carbonyl (C=O) groups excluding carboxylic acids is 3. The average molecular weight is 423 g/mol. The second-order valence-electron chi connectivity index (χ2n) is 6.89. The molecular formula is C20H23ClN2O4S. The number of nitrogens with zero attached hydrogens (tertiary/aromatic N) is 2. The number of piperidine rings is 1. The van der Waals surface area contributed by atoms with E-state index >= 15 is 0 Å². The van der Waals surface area contributed by atoms with Gasteiger partial charge in [-0.05, 0) is 61.2 Å². The lowest BCUT2D eigenvalue weighted by atomic mass is 9.99. The lowest BCUT2D eigenvalue weighted by Crippen LogP contribution is -2.45. The Hall–Kier alpha value is -1.83. The predicted octanol–water partition coefficient (Wildman–Crippen LogP) is 3.53. The number of likely N-dealkylation sites (tertiary alicyclic amines) is 1. The van der Waals surface area contributed by atoms with Crippen LogP contribution in [0.3, 0.4) is 0 Å². The van der Waals surface area contributed by atoms with Gasteiger partial charge < -0.3 is 10.0 Å². The van der Waals surface area contributed by atoms with Crippen LogP contribution in [-0.4, -0.2) is 57.7 Å². The highest BCUT2D eigenvalue weighted by atomic mass is 35.5. The van der Waals surface area contributed by atoms with Crippen molar-refractivity contribution in [2.75, 3.05) is 19.7 Å². The van der Waals surface area contributed by atoms with E-state index in [1.807, 2.05) is 0 Å². The first kappa shape index (κ1) is 20.9. The Bertz CT molecular complexity index is 796. The lowest BCUT2D eigenvalue weighted by molar-refractivity contribution is -0.135. The largest absolute Gasteiger partial charge is 0.396 e. The third kappa shape index (κ3) is 4.96. The van der Waals surface area contributed by atoms with Crippen LogP contribution in [0.2, 0.25) is 5.02 Å². The second kappa shape index (κ2) is 9.58. The van der Waals surface area contributed by atoms with E-state index in [1.165, 1.54) is 0 Å². The summed E-state index contributed by atoms with van der Waals surface area (Å²) in [5, 5.41) is 9.39. The molecule has 28 heavy (non-hydrogen) atoms. The maximum atomic E-state index is 12.6. The molecule has 2 aliphatic rings. The van der Waals surface area contributed by atoms with Crippen LogP contribution < -0.4 is 0 Å². The number of carbonyl (C=O) groups is 3. The fraction of sp³-hybridized carbons (Fsp3) is 0.450. The minimum atomic E-state index is -0.381. The molecule has 0 saturated carbocycles. The monoisotopic (exact) mass is 422 g/mol. The van der Waals surface area contributed by atoms with E-state index in [0.717, 1.165) is 41.5 Å². The van der Waals surface area contributed by atoms with Crippen molar-refractivity contribution in [3.8, 4) is 0 Å². The van der Waals surface area contributed by atoms with E-state index in [9.17, 15) is 19.5 Å². The van der Waals surface area contributed by atoms with Crippen LogP contribution >= 0.6 is 23.4 Å². The van der Waals surface area contributed by atoms with Gasteiger partial charge in [-0.1, -0.05) is 23.7 Å². The topological polar surface area (TPSA) is 77.9 Å². The van der Waals surface area contributed by atoms with Crippen LogP contribution in [0.5, 0.6) is 0 Å². The summed E-state index contributed by atoms with van der Waals surface area (Å²) < 4.78 is 0. The first-order valence-electron chi connectivity index (χ1n) is 9.41. The summed E-state index contributed by atoms with van der Waals surface area (Å²) in [6.45, 7) is 0.782. The van der Waals surface area contributed by atoms with Gasteiger partial charge in [0.1, 0.15) is 0 Å². The molecule has 0 unspecified atom stereocenters. The van der Waals surface area contributed by atoms with Gasteiger partial charge in [-0.2, -0.15) is 0 Å². The van der Waals surface area contributed by atoms with E-state index in [-0.39, 0.29) is 42.7 Å². The molecule has 2 aliphatic heterocycles. The Morgan fingerprint density at radius 1 is 1.32 bits per heavy atom. The molecule has 8 heteroatoms. The maximum Gasteiger partial charge on any atom is 0.293 e. The molecule has 2 saturated heterocycles. The van der Waals surface area contributed by atoms with Gasteiger partial charge in [0, 0.05) is 37.2 Å². The van der Waals surface area contributed by atoms with E-state index < -0.39 is 0 Å². The number of aliphatic hydroxyl groups excluding tert-OH is 1. The number of hydrogen-bond acceptors (Lipinski definition) is 5. The highest BCUT2D eigenvalue weighted by Gasteiger charge is 2.36. The summed E-state index contributed by atoms with van der Waals surface area (Å²) in [6, 6.07) is 7.08. The van der Waals surface area contributed by atoms with Crippen molar-refractivity contribution in [3.63, 3.8) is 0 Å². The Morgan fingerprint density at radius 2 is 2.14 bits per heavy atom. The molecule has 0 bridgehead atoms. The van der Waals surface area contributed by atoms with Crippen molar-refractivity contribution in [2.24, 2.45) is 0 Å². The standard InChI is InChI=1S/C20H23ClN2O4S/c21-15-5-3-4-14(12-15)13-17-19(26)23(20(27)28-17)10-7-18(25)22-9-2-1-6-16(22)8-11-24/h3-5,12-13,16,24H,1-2,6-11H2/b17-13-/t16-/m1/s1. The smallest absolute Gasteiger partial charge is 0.293 e. The Balaban J connectivity index is 1.62.